The molecule has 9 nitrogen and oxygen atoms in total. The van der Waals surface area contributed by atoms with Crippen molar-refractivity contribution in [3.05, 3.63) is 0 Å². The molecule has 0 aromatic rings. The third-order valence-electron chi connectivity index (χ3n) is 1.71. The topological polar surface area (TPSA) is 165 Å². The summed E-state index contributed by atoms with van der Waals surface area (Å²) in [5, 5.41) is 17.3. The monoisotopic (exact) mass is 250 g/mol. The number of ether oxygens (including phenoxy) is 1. The molecule has 0 aliphatic rings. The fourth-order valence-corrected chi connectivity index (χ4v) is 1.21. The van der Waals surface area contributed by atoms with Crippen LogP contribution in [0.25, 0.3) is 0 Å². The Kier molecular flexibility index (Phi) is 4.98. The van der Waals surface area contributed by atoms with Crippen LogP contribution in [0.1, 0.15) is 13.8 Å². The molecule has 1 unspecified atom stereocenters. The highest BCUT2D eigenvalue weighted by molar-refractivity contribution is 5.72. The normalized spacial score (nSPS) is 15.6. The van der Waals surface area contributed by atoms with Gasteiger partial charge in [-0.25, -0.2) is 4.90 Å². The molecule has 0 fully saturated rings. The van der Waals surface area contributed by atoms with Gasteiger partial charge in [0.1, 0.15) is 13.1 Å². The van der Waals surface area contributed by atoms with E-state index in [9.17, 15) is 9.59 Å². The third kappa shape index (κ3) is 6.81. The summed E-state index contributed by atoms with van der Waals surface area (Å²) in [6, 6.07) is 0. The average molecular weight is 250 g/mol. The summed E-state index contributed by atoms with van der Waals surface area (Å²) in [6.07, 6.45) is 0. The van der Waals surface area contributed by atoms with Gasteiger partial charge in [0.15, 0.2) is 11.7 Å². The standard InChI is InChI=1S/C8H18N4O5/c1-7(9,10)17-8(2,11)12(3-5(13)14)4-6(15)16/h3-4,9-11H2,1-2H3,(H,13,14)(H,15,16). The zero-order chi connectivity index (χ0) is 13.9. The maximum atomic E-state index is 10.6. The highest BCUT2D eigenvalue weighted by Gasteiger charge is 2.35. The maximum absolute atomic E-state index is 10.6. The molecule has 0 aromatic heterocycles. The predicted molar refractivity (Wildman–Crippen MR) is 57.3 cm³/mol. The van der Waals surface area contributed by atoms with E-state index in [4.69, 9.17) is 32.2 Å². The van der Waals surface area contributed by atoms with Gasteiger partial charge >= 0.3 is 11.9 Å². The van der Waals surface area contributed by atoms with Crippen molar-refractivity contribution in [1.82, 2.24) is 4.90 Å². The fraction of sp³-hybridized carbons (Fsp3) is 0.750. The van der Waals surface area contributed by atoms with Gasteiger partial charge in [0.25, 0.3) is 0 Å². The van der Waals surface area contributed by atoms with Gasteiger partial charge in [0.05, 0.1) is 0 Å². The highest BCUT2D eigenvalue weighted by Crippen LogP contribution is 2.13. The van der Waals surface area contributed by atoms with Crippen LogP contribution < -0.4 is 17.2 Å². The first-order chi connectivity index (χ1) is 7.44. The molecule has 0 aromatic carbocycles. The highest BCUT2D eigenvalue weighted by atomic mass is 16.6. The predicted octanol–water partition coefficient (Wildman–Crippen LogP) is -2.30. The van der Waals surface area contributed by atoms with E-state index in [1.54, 1.807) is 0 Å². The van der Waals surface area contributed by atoms with Crippen LogP contribution >= 0.6 is 0 Å². The summed E-state index contributed by atoms with van der Waals surface area (Å²) in [6.45, 7) is 1.35. The molecule has 9 heteroatoms. The SMILES string of the molecule is CC(N)(N)OC(C)(N)N(CC(=O)O)CC(=O)O. The molecule has 100 valence electrons. The quantitative estimate of drug-likeness (QED) is 0.312. The number of carboxylic acid groups (broad SMARTS) is 2. The minimum absolute atomic E-state index is 0.616. The first-order valence-corrected chi connectivity index (χ1v) is 4.69. The number of hydrogen-bond donors (Lipinski definition) is 5. The van der Waals surface area contributed by atoms with Crippen molar-refractivity contribution in [2.45, 2.75) is 25.5 Å². The molecular weight excluding hydrogens is 232 g/mol. The number of nitrogens with two attached hydrogens (primary N) is 3. The fourth-order valence-electron chi connectivity index (χ4n) is 1.21. The van der Waals surface area contributed by atoms with E-state index in [2.05, 4.69) is 0 Å². The van der Waals surface area contributed by atoms with E-state index in [-0.39, 0.29) is 0 Å². The van der Waals surface area contributed by atoms with Crippen LogP contribution in [-0.2, 0) is 14.3 Å². The maximum Gasteiger partial charge on any atom is 0.317 e. The molecule has 0 aliphatic heterocycles. The van der Waals surface area contributed by atoms with Crippen LogP contribution in [0.2, 0.25) is 0 Å². The van der Waals surface area contributed by atoms with Crippen LogP contribution in [0.4, 0.5) is 0 Å². The van der Waals surface area contributed by atoms with Gasteiger partial charge < -0.3 is 14.9 Å². The van der Waals surface area contributed by atoms with Gasteiger partial charge in [-0.05, 0) is 13.8 Å². The number of rotatable bonds is 7. The molecule has 0 aliphatic carbocycles. The molecule has 0 radical (unpaired) electrons. The third-order valence-corrected chi connectivity index (χ3v) is 1.71. The molecule has 0 heterocycles. The average Bonchev–Trinajstić information content (AvgIpc) is 1.95. The van der Waals surface area contributed by atoms with Crippen LogP contribution in [0.15, 0.2) is 0 Å². The lowest BCUT2D eigenvalue weighted by molar-refractivity contribution is -0.213. The Morgan fingerprint density at radius 3 is 1.71 bits per heavy atom. The molecule has 8 N–H and O–H groups in total. The molecule has 0 spiro atoms. The van der Waals surface area contributed by atoms with E-state index in [1.165, 1.54) is 13.8 Å². The van der Waals surface area contributed by atoms with Gasteiger partial charge in [-0.15, -0.1) is 0 Å². The van der Waals surface area contributed by atoms with Crippen molar-refractivity contribution in [2.75, 3.05) is 13.1 Å². The summed E-state index contributed by atoms with van der Waals surface area (Å²) in [7, 11) is 0. The van der Waals surface area contributed by atoms with E-state index >= 15 is 0 Å². The summed E-state index contributed by atoms with van der Waals surface area (Å²) >= 11 is 0. The van der Waals surface area contributed by atoms with Gasteiger partial charge in [0, 0.05) is 0 Å². The van der Waals surface area contributed by atoms with E-state index in [0.717, 1.165) is 4.90 Å². The number of aliphatic carboxylic acids is 2. The first kappa shape index (κ1) is 15.7. The second-order valence-electron chi connectivity index (χ2n) is 3.98. The van der Waals surface area contributed by atoms with Crippen molar-refractivity contribution >= 4 is 11.9 Å². The Morgan fingerprint density at radius 1 is 1.12 bits per heavy atom. The zero-order valence-electron chi connectivity index (χ0n) is 9.71. The van der Waals surface area contributed by atoms with E-state index in [0.29, 0.717) is 0 Å². The number of carbonyl (C=O) groups is 2. The Labute approximate surface area is 98.1 Å². The summed E-state index contributed by atoms with van der Waals surface area (Å²) in [5.74, 6) is -5.82. The number of carboxylic acids is 2. The van der Waals surface area contributed by atoms with Crippen molar-refractivity contribution in [3.63, 3.8) is 0 Å². The van der Waals surface area contributed by atoms with E-state index in [1.807, 2.05) is 0 Å². The number of hydrogen-bond acceptors (Lipinski definition) is 7. The van der Waals surface area contributed by atoms with Crippen LogP contribution in [-0.4, -0.2) is 51.8 Å². The minimum Gasteiger partial charge on any atom is -0.480 e. The lowest BCUT2D eigenvalue weighted by Gasteiger charge is -2.39. The van der Waals surface area contributed by atoms with Gasteiger partial charge in [-0.2, -0.15) is 0 Å². The molecule has 17 heavy (non-hydrogen) atoms. The van der Waals surface area contributed by atoms with Crippen molar-refractivity contribution < 1.29 is 24.5 Å². The molecular formula is C8H18N4O5. The molecule has 0 amide bonds. The second kappa shape index (κ2) is 5.38. The lowest BCUT2D eigenvalue weighted by Crippen LogP contribution is -2.65. The largest absolute Gasteiger partial charge is 0.480 e. The van der Waals surface area contributed by atoms with E-state index < -0.39 is 36.7 Å². The van der Waals surface area contributed by atoms with Crippen LogP contribution in [0, 0.1) is 0 Å². The second-order valence-corrected chi connectivity index (χ2v) is 3.98. The Hall–Kier alpha value is -1.26. The van der Waals surface area contributed by atoms with Crippen molar-refractivity contribution in [1.29, 1.82) is 0 Å². The summed E-state index contributed by atoms with van der Waals surface area (Å²) < 4.78 is 5.02. The van der Waals surface area contributed by atoms with Gasteiger partial charge in [-0.3, -0.25) is 26.8 Å². The number of nitrogens with zero attached hydrogens (tertiary/aromatic N) is 1. The lowest BCUT2D eigenvalue weighted by atomic mass is 10.3. The summed E-state index contributed by atoms with van der Waals surface area (Å²) in [4.78, 5) is 22.1. The Morgan fingerprint density at radius 2 is 1.47 bits per heavy atom. The molecule has 0 saturated carbocycles. The molecule has 1 atom stereocenters. The van der Waals surface area contributed by atoms with Crippen LogP contribution in [0.5, 0.6) is 0 Å². The summed E-state index contributed by atoms with van der Waals surface area (Å²) in [5.41, 5.74) is 16.4. The Bertz CT molecular complexity index is 283. The Balaban J connectivity index is 4.87. The van der Waals surface area contributed by atoms with Crippen molar-refractivity contribution in [3.8, 4) is 0 Å². The molecule has 0 saturated heterocycles. The molecule has 0 bridgehead atoms. The smallest absolute Gasteiger partial charge is 0.317 e. The van der Waals surface area contributed by atoms with Crippen molar-refractivity contribution in [2.24, 2.45) is 17.2 Å². The zero-order valence-corrected chi connectivity index (χ0v) is 9.71. The minimum atomic E-state index is -1.71. The van der Waals surface area contributed by atoms with Gasteiger partial charge in [0.2, 0.25) is 0 Å². The van der Waals surface area contributed by atoms with Crippen LogP contribution in [0.3, 0.4) is 0 Å². The molecule has 0 rings (SSSR count). The first-order valence-electron chi connectivity index (χ1n) is 4.69. The van der Waals surface area contributed by atoms with Gasteiger partial charge in [-0.1, -0.05) is 0 Å².